The Hall–Kier alpha value is -2.87. The Morgan fingerprint density at radius 3 is 2.63 bits per heavy atom. The number of piperazine rings is 1. The molecule has 0 bridgehead atoms. The summed E-state index contributed by atoms with van der Waals surface area (Å²) in [4.78, 5) is 38.2. The summed E-state index contributed by atoms with van der Waals surface area (Å²) in [5, 5.41) is 0. The van der Waals surface area contributed by atoms with E-state index in [-0.39, 0.29) is 11.8 Å². The molecule has 1 atom stereocenters. The highest BCUT2D eigenvalue weighted by Crippen LogP contribution is 2.22. The van der Waals surface area contributed by atoms with Crippen molar-refractivity contribution in [2.75, 3.05) is 64.8 Å². The van der Waals surface area contributed by atoms with Gasteiger partial charge in [-0.2, -0.15) is 0 Å². The maximum Gasteiger partial charge on any atom is 0.289 e. The molecule has 0 radical (unpaired) electrons. The highest BCUT2D eigenvalue weighted by Gasteiger charge is 2.28. The largest absolute Gasteiger partial charge is 0.459 e. The first kappa shape index (κ1) is 20.4. The van der Waals surface area contributed by atoms with Crippen LogP contribution in [0, 0.1) is 5.92 Å². The molecule has 2 fully saturated rings. The highest BCUT2D eigenvalue weighted by molar-refractivity contribution is 5.99. The third-order valence-electron chi connectivity index (χ3n) is 5.98. The number of amides is 2. The third kappa shape index (κ3) is 4.33. The lowest BCUT2D eigenvalue weighted by Gasteiger charge is -2.36. The molecule has 0 aromatic carbocycles. The van der Waals surface area contributed by atoms with Gasteiger partial charge in [0.15, 0.2) is 5.76 Å². The molecule has 2 amide bonds. The first-order valence-electron chi connectivity index (χ1n) is 10.5. The molecule has 8 nitrogen and oxygen atoms in total. The van der Waals surface area contributed by atoms with Crippen molar-refractivity contribution in [2.24, 2.45) is 5.92 Å². The molecule has 160 valence electrons. The Morgan fingerprint density at radius 1 is 1.17 bits per heavy atom. The summed E-state index contributed by atoms with van der Waals surface area (Å²) in [5.41, 5.74) is 0.622. The Kier molecular flexibility index (Phi) is 6.03. The summed E-state index contributed by atoms with van der Waals surface area (Å²) in [6.07, 6.45) is 4.35. The van der Waals surface area contributed by atoms with Gasteiger partial charge in [0.05, 0.1) is 11.8 Å². The summed E-state index contributed by atoms with van der Waals surface area (Å²) in [7, 11) is 3.99. The van der Waals surface area contributed by atoms with Crippen molar-refractivity contribution < 1.29 is 14.0 Å². The van der Waals surface area contributed by atoms with Crippen molar-refractivity contribution in [3.8, 4) is 0 Å². The second-order valence-corrected chi connectivity index (χ2v) is 8.23. The number of anilines is 1. The lowest BCUT2D eigenvalue weighted by atomic mass is 10.1. The molecule has 2 aromatic rings. The fraction of sp³-hybridized carbons (Fsp3) is 0.500. The van der Waals surface area contributed by atoms with Gasteiger partial charge in [0, 0.05) is 52.5 Å². The van der Waals surface area contributed by atoms with Gasteiger partial charge in [0.2, 0.25) is 0 Å². The molecule has 0 saturated carbocycles. The molecule has 0 spiro atoms. The van der Waals surface area contributed by atoms with E-state index < -0.39 is 0 Å². The average molecular weight is 412 g/mol. The number of carbonyl (C=O) groups excluding carboxylic acids is 2. The minimum Gasteiger partial charge on any atom is -0.459 e. The number of pyridine rings is 1. The van der Waals surface area contributed by atoms with Crippen molar-refractivity contribution in [3.63, 3.8) is 0 Å². The summed E-state index contributed by atoms with van der Waals surface area (Å²) in [5.74, 6) is 1.47. The lowest BCUT2D eigenvalue weighted by molar-refractivity contribution is 0.0711. The Bertz CT molecular complexity index is 877. The van der Waals surface area contributed by atoms with Crippen LogP contribution in [-0.2, 0) is 0 Å². The molecule has 0 N–H and O–H groups in total. The molecule has 0 aliphatic carbocycles. The number of furan rings is 1. The molecule has 2 aliphatic rings. The lowest BCUT2D eigenvalue weighted by Crippen LogP contribution is -2.49. The van der Waals surface area contributed by atoms with E-state index in [1.807, 2.05) is 24.1 Å². The number of hydrogen-bond acceptors (Lipinski definition) is 6. The predicted octanol–water partition coefficient (Wildman–Crippen LogP) is 1.66. The quantitative estimate of drug-likeness (QED) is 0.745. The number of likely N-dealkylation sites (tertiary alicyclic amines) is 1. The summed E-state index contributed by atoms with van der Waals surface area (Å²) in [6.45, 7) is 5.25. The second-order valence-electron chi connectivity index (χ2n) is 8.23. The monoisotopic (exact) mass is 411 g/mol. The van der Waals surface area contributed by atoms with Crippen molar-refractivity contribution in [3.05, 3.63) is 48.0 Å². The minimum atomic E-state index is -0.0989. The van der Waals surface area contributed by atoms with E-state index in [2.05, 4.69) is 21.8 Å². The standard InChI is InChI=1S/C22H29N5O3/c1-24-9-7-17(15-24)16-25(2)21(28)18-5-3-8-23-20(18)26-10-12-27(13-11-26)22(29)19-6-4-14-30-19/h3-6,8,14,17H,7,9-13,15-16H2,1-2H3/t17-/m1/s1. The van der Waals surface area contributed by atoms with E-state index in [1.54, 1.807) is 23.2 Å². The zero-order chi connectivity index (χ0) is 21.1. The fourth-order valence-corrected chi connectivity index (χ4v) is 4.34. The molecular weight excluding hydrogens is 382 g/mol. The van der Waals surface area contributed by atoms with E-state index in [1.165, 1.54) is 6.26 Å². The van der Waals surface area contributed by atoms with Crippen LogP contribution in [0.4, 0.5) is 5.82 Å². The van der Waals surface area contributed by atoms with Gasteiger partial charge < -0.3 is 24.0 Å². The summed E-state index contributed by atoms with van der Waals surface area (Å²) < 4.78 is 5.23. The summed E-state index contributed by atoms with van der Waals surface area (Å²) >= 11 is 0. The average Bonchev–Trinajstić information content (AvgIpc) is 3.45. The highest BCUT2D eigenvalue weighted by atomic mass is 16.3. The number of rotatable bonds is 5. The van der Waals surface area contributed by atoms with Crippen molar-refractivity contribution in [1.82, 2.24) is 19.7 Å². The Balaban J connectivity index is 1.41. The molecule has 30 heavy (non-hydrogen) atoms. The fourth-order valence-electron chi connectivity index (χ4n) is 4.34. The Labute approximate surface area is 177 Å². The number of carbonyl (C=O) groups is 2. The van der Waals surface area contributed by atoms with E-state index in [0.29, 0.717) is 49.2 Å². The van der Waals surface area contributed by atoms with Crippen molar-refractivity contribution in [2.45, 2.75) is 6.42 Å². The first-order chi connectivity index (χ1) is 14.5. The van der Waals surface area contributed by atoms with Crippen LogP contribution in [0.25, 0.3) is 0 Å². The van der Waals surface area contributed by atoms with Crippen LogP contribution in [-0.4, -0.2) is 91.4 Å². The topological polar surface area (TPSA) is 73.1 Å². The molecule has 8 heteroatoms. The van der Waals surface area contributed by atoms with Crippen LogP contribution >= 0.6 is 0 Å². The Morgan fingerprint density at radius 2 is 1.97 bits per heavy atom. The molecule has 2 aliphatic heterocycles. The van der Waals surface area contributed by atoms with E-state index in [9.17, 15) is 9.59 Å². The maximum absolute atomic E-state index is 13.2. The number of hydrogen-bond donors (Lipinski definition) is 0. The van der Waals surface area contributed by atoms with Crippen LogP contribution < -0.4 is 4.90 Å². The van der Waals surface area contributed by atoms with Gasteiger partial charge in [0.1, 0.15) is 5.82 Å². The van der Waals surface area contributed by atoms with Crippen LogP contribution in [0.15, 0.2) is 41.1 Å². The number of nitrogens with zero attached hydrogens (tertiary/aromatic N) is 5. The number of aromatic nitrogens is 1. The van der Waals surface area contributed by atoms with Gasteiger partial charge in [-0.05, 0) is 50.2 Å². The van der Waals surface area contributed by atoms with Crippen molar-refractivity contribution in [1.29, 1.82) is 0 Å². The van der Waals surface area contributed by atoms with Crippen LogP contribution in [0.3, 0.4) is 0 Å². The molecule has 4 rings (SSSR count). The van der Waals surface area contributed by atoms with Gasteiger partial charge in [-0.15, -0.1) is 0 Å². The second kappa shape index (κ2) is 8.87. The van der Waals surface area contributed by atoms with Gasteiger partial charge in [-0.25, -0.2) is 4.98 Å². The SMILES string of the molecule is CN1CC[C@@H](CN(C)C(=O)c2cccnc2N2CCN(C(=O)c3ccco3)CC2)C1. The third-order valence-corrected chi connectivity index (χ3v) is 5.98. The van der Waals surface area contributed by atoms with Gasteiger partial charge >= 0.3 is 0 Å². The minimum absolute atomic E-state index is 0.00162. The summed E-state index contributed by atoms with van der Waals surface area (Å²) in [6, 6.07) is 7.06. The smallest absolute Gasteiger partial charge is 0.289 e. The van der Waals surface area contributed by atoms with Crippen LogP contribution in [0.2, 0.25) is 0 Å². The maximum atomic E-state index is 13.2. The van der Waals surface area contributed by atoms with Gasteiger partial charge in [0.25, 0.3) is 11.8 Å². The van der Waals surface area contributed by atoms with E-state index >= 15 is 0 Å². The van der Waals surface area contributed by atoms with Crippen LogP contribution in [0.1, 0.15) is 27.3 Å². The van der Waals surface area contributed by atoms with E-state index in [0.717, 1.165) is 26.1 Å². The van der Waals surface area contributed by atoms with Gasteiger partial charge in [-0.3, -0.25) is 9.59 Å². The first-order valence-corrected chi connectivity index (χ1v) is 10.5. The molecule has 2 aromatic heterocycles. The van der Waals surface area contributed by atoms with Crippen LogP contribution in [0.5, 0.6) is 0 Å². The van der Waals surface area contributed by atoms with Crippen molar-refractivity contribution >= 4 is 17.6 Å². The molecule has 4 heterocycles. The predicted molar refractivity (Wildman–Crippen MR) is 114 cm³/mol. The van der Waals surface area contributed by atoms with E-state index in [4.69, 9.17) is 4.42 Å². The van der Waals surface area contributed by atoms with Gasteiger partial charge in [-0.1, -0.05) is 0 Å². The normalized spacial score (nSPS) is 19.9. The molecule has 0 unspecified atom stereocenters. The molecule has 2 saturated heterocycles. The zero-order valence-corrected chi connectivity index (χ0v) is 17.7. The zero-order valence-electron chi connectivity index (χ0n) is 17.7. The molecular formula is C22H29N5O3.